The van der Waals surface area contributed by atoms with E-state index in [1.165, 1.54) is 64.6 Å². The summed E-state index contributed by atoms with van der Waals surface area (Å²) in [7, 11) is 0. The number of piperidine rings is 1. The van der Waals surface area contributed by atoms with Crippen LogP contribution in [-0.4, -0.2) is 63.3 Å². The monoisotopic (exact) mass is 508 g/mol. The van der Waals surface area contributed by atoms with Crippen molar-refractivity contribution >= 4 is 29.9 Å². The Bertz CT molecular complexity index is 419. The Morgan fingerprint density at radius 2 is 1.82 bits per heavy atom. The van der Waals surface area contributed by atoms with Crippen molar-refractivity contribution in [1.82, 2.24) is 15.5 Å². The molecule has 0 aromatic carbocycles. The number of ether oxygens (including phenoxy) is 1. The van der Waals surface area contributed by atoms with E-state index in [1.807, 2.05) is 0 Å². The molecule has 1 aliphatic heterocycles. The number of hydrogen-bond donors (Lipinski definition) is 2. The van der Waals surface area contributed by atoms with Crippen molar-refractivity contribution in [3.63, 3.8) is 0 Å². The second-order valence-electron chi connectivity index (χ2n) is 8.52. The minimum atomic E-state index is 0. The standard InChI is InChI=1S/C22H44N4O.HI/c1-4-14-26-15-9-20(10-16-26)18-24-21(23-5-2)25-19-22(11-7-8-12-22)13-17-27-6-3;/h20H,4-19H2,1-3H3,(H2,23,24,25);1H. The largest absolute Gasteiger partial charge is 0.382 e. The number of rotatable bonds is 11. The van der Waals surface area contributed by atoms with Gasteiger partial charge in [-0.3, -0.25) is 4.99 Å². The van der Waals surface area contributed by atoms with Crippen molar-refractivity contribution < 1.29 is 4.74 Å². The Balaban J connectivity index is 0.00000392. The van der Waals surface area contributed by atoms with Crippen LogP contribution in [0.1, 0.15) is 72.1 Å². The Morgan fingerprint density at radius 3 is 2.43 bits per heavy atom. The highest BCUT2D eigenvalue weighted by atomic mass is 127. The first-order chi connectivity index (χ1) is 13.2. The van der Waals surface area contributed by atoms with Crippen LogP contribution in [-0.2, 0) is 4.74 Å². The summed E-state index contributed by atoms with van der Waals surface area (Å²) in [5.41, 5.74) is 0.364. The Labute approximate surface area is 190 Å². The first kappa shape index (κ1) is 26.0. The topological polar surface area (TPSA) is 48.9 Å². The highest BCUT2D eigenvalue weighted by Crippen LogP contribution is 2.41. The molecule has 1 aliphatic carbocycles. The van der Waals surface area contributed by atoms with Crippen molar-refractivity contribution in [2.24, 2.45) is 16.3 Å². The van der Waals surface area contributed by atoms with Crippen LogP contribution < -0.4 is 10.6 Å². The van der Waals surface area contributed by atoms with Crippen LogP contribution in [0, 0.1) is 11.3 Å². The average Bonchev–Trinajstić information content (AvgIpc) is 3.15. The van der Waals surface area contributed by atoms with Gasteiger partial charge in [-0.25, -0.2) is 0 Å². The molecule has 2 aliphatic rings. The zero-order chi connectivity index (χ0) is 19.4. The molecule has 2 N–H and O–H groups in total. The van der Waals surface area contributed by atoms with Crippen LogP contribution in [0.2, 0.25) is 0 Å². The molecule has 0 bridgehead atoms. The number of aliphatic imine (C=N–C) groups is 1. The van der Waals surface area contributed by atoms with Gasteiger partial charge in [-0.05, 0) is 83.3 Å². The highest BCUT2D eigenvalue weighted by Gasteiger charge is 2.33. The number of halogens is 1. The zero-order valence-corrected chi connectivity index (χ0v) is 20.9. The fourth-order valence-corrected chi connectivity index (χ4v) is 4.61. The molecule has 0 amide bonds. The second kappa shape index (κ2) is 14.8. The maximum Gasteiger partial charge on any atom is 0.191 e. The van der Waals surface area contributed by atoms with Gasteiger partial charge in [0.1, 0.15) is 0 Å². The quantitative estimate of drug-likeness (QED) is 0.190. The Morgan fingerprint density at radius 1 is 1.11 bits per heavy atom. The first-order valence-electron chi connectivity index (χ1n) is 11.5. The van der Waals surface area contributed by atoms with Gasteiger partial charge in [0.25, 0.3) is 0 Å². The fourth-order valence-electron chi connectivity index (χ4n) is 4.61. The number of likely N-dealkylation sites (tertiary alicyclic amines) is 1. The lowest BCUT2D eigenvalue weighted by molar-refractivity contribution is 0.107. The lowest BCUT2D eigenvalue weighted by atomic mass is 9.83. The van der Waals surface area contributed by atoms with Crippen molar-refractivity contribution in [3.05, 3.63) is 0 Å². The second-order valence-corrected chi connectivity index (χ2v) is 8.52. The molecule has 0 atom stereocenters. The molecule has 166 valence electrons. The number of hydrogen-bond acceptors (Lipinski definition) is 3. The van der Waals surface area contributed by atoms with Gasteiger partial charge in [-0.15, -0.1) is 24.0 Å². The number of guanidine groups is 1. The van der Waals surface area contributed by atoms with E-state index < -0.39 is 0 Å². The maximum absolute atomic E-state index is 5.64. The normalized spacial score (nSPS) is 20.8. The molecule has 28 heavy (non-hydrogen) atoms. The molecule has 0 aromatic rings. The van der Waals surface area contributed by atoms with Crippen LogP contribution >= 0.6 is 24.0 Å². The summed E-state index contributed by atoms with van der Waals surface area (Å²) in [4.78, 5) is 7.61. The smallest absolute Gasteiger partial charge is 0.191 e. The van der Waals surface area contributed by atoms with E-state index in [4.69, 9.17) is 9.73 Å². The van der Waals surface area contributed by atoms with Crippen LogP contribution in [0.4, 0.5) is 0 Å². The summed E-state index contributed by atoms with van der Waals surface area (Å²) in [6.45, 7) is 14.9. The summed E-state index contributed by atoms with van der Waals surface area (Å²) in [6.07, 6.45) is 10.3. The molecule has 0 aromatic heterocycles. The SMILES string of the molecule is CCCN1CCC(CNC(=NCC2(CCOCC)CCCC2)NCC)CC1.I. The highest BCUT2D eigenvalue weighted by molar-refractivity contribution is 14.0. The van der Waals surface area contributed by atoms with E-state index in [-0.39, 0.29) is 24.0 Å². The van der Waals surface area contributed by atoms with Gasteiger partial charge < -0.3 is 20.3 Å². The van der Waals surface area contributed by atoms with Gasteiger partial charge in [0, 0.05) is 32.8 Å². The third-order valence-corrected chi connectivity index (χ3v) is 6.37. The van der Waals surface area contributed by atoms with Crippen molar-refractivity contribution in [2.45, 2.75) is 72.1 Å². The fraction of sp³-hybridized carbons (Fsp3) is 0.955. The zero-order valence-electron chi connectivity index (χ0n) is 18.6. The van der Waals surface area contributed by atoms with Gasteiger partial charge in [-0.2, -0.15) is 0 Å². The van der Waals surface area contributed by atoms with Crippen LogP contribution in [0.15, 0.2) is 4.99 Å². The van der Waals surface area contributed by atoms with Crippen molar-refractivity contribution in [2.75, 3.05) is 52.5 Å². The van der Waals surface area contributed by atoms with E-state index in [2.05, 4.69) is 36.3 Å². The molecule has 1 saturated carbocycles. The molecule has 1 heterocycles. The summed E-state index contributed by atoms with van der Waals surface area (Å²) in [6, 6.07) is 0. The molecular formula is C22H45IN4O. The molecular weight excluding hydrogens is 463 g/mol. The average molecular weight is 509 g/mol. The third kappa shape index (κ3) is 9.16. The van der Waals surface area contributed by atoms with Crippen LogP contribution in [0.5, 0.6) is 0 Å². The summed E-state index contributed by atoms with van der Waals surface area (Å²) in [5, 5.41) is 7.09. The minimum absolute atomic E-state index is 0. The Hall–Kier alpha value is -0.0800. The number of nitrogens with one attached hydrogen (secondary N) is 2. The van der Waals surface area contributed by atoms with E-state index in [0.29, 0.717) is 5.41 Å². The third-order valence-electron chi connectivity index (χ3n) is 6.37. The van der Waals surface area contributed by atoms with Crippen LogP contribution in [0.3, 0.4) is 0 Å². The molecule has 0 spiro atoms. The maximum atomic E-state index is 5.64. The molecule has 6 heteroatoms. The summed E-state index contributed by atoms with van der Waals surface area (Å²) >= 11 is 0. The Kier molecular flexibility index (Phi) is 13.7. The van der Waals surface area contributed by atoms with Gasteiger partial charge in [0.05, 0.1) is 0 Å². The van der Waals surface area contributed by atoms with Crippen molar-refractivity contribution in [1.29, 1.82) is 0 Å². The van der Waals surface area contributed by atoms with Gasteiger partial charge >= 0.3 is 0 Å². The lowest BCUT2D eigenvalue weighted by Crippen LogP contribution is -2.43. The van der Waals surface area contributed by atoms with E-state index in [9.17, 15) is 0 Å². The molecule has 2 fully saturated rings. The van der Waals surface area contributed by atoms with Gasteiger partial charge in [0.2, 0.25) is 0 Å². The van der Waals surface area contributed by atoms with Crippen molar-refractivity contribution in [3.8, 4) is 0 Å². The summed E-state index contributed by atoms with van der Waals surface area (Å²) in [5.74, 6) is 1.79. The van der Waals surface area contributed by atoms with Crippen LogP contribution in [0.25, 0.3) is 0 Å². The molecule has 0 unspecified atom stereocenters. The van der Waals surface area contributed by atoms with E-state index in [0.717, 1.165) is 51.1 Å². The lowest BCUT2D eigenvalue weighted by Gasteiger charge is -2.32. The first-order valence-corrected chi connectivity index (χ1v) is 11.5. The minimum Gasteiger partial charge on any atom is -0.382 e. The predicted octanol–water partition coefficient (Wildman–Crippen LogP) is 4.27. The molecule has 0 radical (unpaired) electrons. The molecule has 5 nitrogen and oxygen atoms in total. The van der Waals surface area contributed by atoms with Gasteiger partial charge in [0.15, 0.2) is 5.96 Å². The number of nitrogens with zero attached hydrogens (tertiary/aromatic N) is 2. The van der Waals surface area contributed by atoms with E-state index in [1.54, 1.807) is 0 Å². The molecule has 1 saturated heterocycles. The molecule has 2 rings (SSSR count). The predicted molar refractivity (Wildman–Crippen MR) is 131 cm³/mol. The van der Waals surface area contributed by atoms with E-state index >= 15 is 0 Å². The van der Waals surface area contributed by atoms with Gasteiger partial charge in [-0.1, -0.05) is 19.8 Å². The summed E-state index contributed by atoms with van der Waals surface area (Å²) < 4.78 is 5.64.